The van der Waals surface area contributed by atoms with Crippen molar-refractivity contribution in [2.45, 2.75) is 38.4 Å². The molecule has 1 aliphatic heterocycles. The lowest BCUT2D eigenvalue weighted by molar-refractivity contribution is -0.153. The zero-order chi connectivity index (χ0) is 18.3. The van der Waals surface area contributed by atoms with E-state index in [0.717, 1.165) is 37.9 Å². The van der Waals surface area contributed by atoms with Gasteiger partial charge in [-0.1, -0.05) is 18.2 Å². The first kappa shape index (κ1) is 19.6. The summed E-state index contributed by atoms with van der Waals surface area (Å²) in [5.74, 6) is 0.383. The lowest BCUT2D eigenvalue weighted by Gasteiger charge is -2.22. The Morgan fingerprint density at radius 1 is 1.24 bits per heavy atom. The summed E-state index contributed by atoms with van der Waals surface area (Å²) in [6.07, 6.45) is -1.14. The molecule has 0 bridgehead atoms. The molecule has 0 spiro atoms. The first-order valence-electron chi connectivity index (χ1n) is 8.44. The minimum absolute atomic E-state index is 0.190. The van der Waals surface area contributed by atoms with Gasteiger partial charge in [0.2, 0.25) is 0 Å². The molecule has 0 aromatic heterocycles. The molecule has 1 atom stereocenters. The number of halogens is 3. The molecule has 7 heteroatoms. The second-order valence-electron chi connectivity index (χ2n) is 6.36. The molecule has 1 saturated heterocycles. The molecule has 1 aliphatic rings. The molecule has 0 unspecified atom stereocenters. The van der Waals surface area contributed by atoms with Gasteiger partial charge in [-0.05, 0) is 44.3 Å². The van der Waals surface area contributed by atoms with Crippen LogP contribution in [0.1, 0.15) is 31.2 Å². The molecule has 1 aromatic carbocycles. The fourth-order valence-electron chi connectivity index (χ4n) is 3.08. The van der Waals surface area contributed by atoms with Gasteiger partial charge in [-0.15, -0.1) is 0 Å². The van der Waals surface area contributed by atoms with Crippen LogP contribution in [0.4, 0.5) is 13.2 Å². The summed E-state index contributed by atoms with van der Waals surface area (Å²) in [6, 6.07) is 6.83. The van der Waals surface area contributed by atoms with Crippen LogP contribution in [0.2, 0.25) is 0 Å². The lowest BCUT2D eigenvalue weighted by atomic mass is 9.97. The van der Waals surface area contributed by atoms with Crippen LogP contribution in [0.5, 0.6) is 5.75 Å². The maximum absolute atomic E-state index is 12.4. The quantitative estimate of drug-likeness (QED) is 0.725. The molecule has 0 aliphatic carbocycles. The van der Waals surface area contributed by atoms with Crippen LogP contribution >= 0.6 is 0 Å². The number of hydrogen-bond donors (Lipinski definition) is 0. The van der Waals surface area contributed by atoms with Gasteiger partial charge in [0.05, 0.1) is 7.11 Å². The third kappa shape index (κ3) is 6.94. The van der Waals surface area contributed by atoms with E-state index < -0.39 is 12.8 Å². The minimum atomic E-state index is -4.35. The highest BCUT2D eigenvalue weighted by Gasteiger charge is 2.29. The van der Waals surface area contributed by atoms with Crippen LogP contribution in [0.15, 0.2) is 24.3 Å². The summed E-state index contributed by atoms with van der Waals surface area (Å²) in [4.78, 5) is 13.6. The van der Waals surface area contributed by atoms with Crippen LogP contribution < -0.4 is 4.74 Å². The summed E-state index contributed by atoms with van der Waals surface area (Å²) < 4.78 is 46.8. The molecule has 0 saturated carbocycles. The summed E-state index contributed by atoms with van der Waals surface area (Å²) in [7, 11) is 1.39. The van der Waals surface area contributed by atoms with E-state index in [0.29, 0.717) is 18.9 Å². The van der Waals surface area contributed by atoms with Gasteiger partial charge in [0.15, 0.2) is 6.61 Å². The molecule has 1 aromatic rings. The number of carbonyl (C=O) groups is 1. The number of ether oxygens (including phenoxy) is 2. The molecule has 0 amide bonds. The number of alkyl halides is 3. The second kappa shape index (κ2) is 9.08. The van der Waals surface area contributed by atoms with Gasteiger partial charge in [-0.2, -0.15) is 13.2 Å². The Morgan fingerprint density at radius 3 is 2.72 bits per heavy atom. The number of para-hydroxylation sites is 1. The SMILES string of the molecule is COC(=O)C[C@H]1CCCN(Cc2ccccc2OCC(F)(F)F)CC1. The smallest absolute Gasteiger partial charge is 0.422 e. The molecular weight excluding hydrogens is 335 g/mol. The monoisotopic (exact) mass is 359 g/mol. The molecular formula is C18H24F3NO3. The van der Waals surface area contributed by atoms with E-state index in [9.17, 15) is 18.0 Å². The molecule has 2 rings (SSSR count). The fraction of sp³-hybridized carbons (Fsp3) is 0.611. The number of carbonyl (C=O) groups excluding carboxylic acids is 1. The maximum Gasteiger partial charge on any atom is 0.422 e. The number of nitrogens with zero attached hydrogens (tertiary/aromatic N) is 1. The summed E-state index contributed by atoms with van der Waals surface area (Å²) in [5, 5.41) is 0. The van der Waals surface area contributed by atoms with Crippen molar-refractivity contribution in [3.05, 3.63) is 29.8 Å². The lowest BCUT2D eigenvalue weighted by Crippen LogP contribution is -2.25. The zero-order valence-electron chi connectivity index (χ0n) is 14.3. The van der Waals surface area contributed by atoms with E-state index in [1.54, 1.807) is 24.3 Å². The number of hydrogen-bond acceptors (Lipinski definition) is 4. The van der Waals surface area contributed by atoms with Gasteiger partial charge in [0, 0.05) is 18.5 Å². The predicted octanol–water partition coefficient (Wildman–Crippen LogP) is 3.79. The van der Waals surface area contributed by atoms with Crippen LogP contribution in [-0.2, 0) is 16.1 Å². The van der Waals surface area contributed by atoms with Crippen molar-refractivity contribution >= 4 is 5.97 Å². The third-order valence-electron chi connectivity index (χ3n) is 4.38. The number of esters is 1. The van der Waals surface area contributed by atoms with Gasteiger partial charge >= 0.3 is 12.1 Å². The first-order chi connectivity index (χ1) is 11.9. The van der Waals surface area contributed by atoms with Crippen molar-refractivity contribution in [3.8, 4) is 5.75 Å². The van der Waals surface area contributed by atoms with E-state index in [2.05, 4.69) is 4.90 Å². The Morgan fingerprint density at radius 2 is 2.00 bits per heavy atom. The molecule has 4 nitrogen and oxygen atoms in total. The van der Waals surface area contributed by atoms with Crippen molar-refractivity contribution in [1.82, 2.24) is 4.90 Å². The van der Waals surface area contributed by atoms with Crippen LogP contribution in [0, 0.1) is 5.92 Å². The van der Waals surface area contributed by atoms with Crippen LogP contribution in [-0.4, -0.2) is 43.9 Å². The van der Waals surface area contributed by atoms with E-state index in [1.165, 1.54) is 7.11 Å². The number of likely N-dealkylation sites (tertiary alicyclic amines) is 1. The molecule has 0 radical (unpaired) electrons. The van der Waals surface area contributed by atoms with Gasteiger partial charge in [0.25, 0.3) is 0 Å². The Kier molecular flexibility index (Phi) is 7.11. The van der Waals surface area contributed by atoms with Crippen molar-refractivity contribution < 1.29 is 27.4 Å². The first-order valence-corrected chi connectivity index (χ1v) is 8.44. The predicted molar refractivity (Wildman–Crippen MR) is 87.2 cm³/mol. The Labute approximate surface area is 145 Å². The Hall–Kier alpha value is -1.76. The molecule has 25 heavy (non-hydrogen) atoms. The van der Waals surface area contributed by atoms with Gasteiger partial charge < -0.3 is 9.47 Å². The van der Waals surface area contributed by atoms with Crippen molar-refractivity contribution in [2.24, 2.45) is 5.92 Å². The molecule has 1 fully saturated rings. The van der Waals surface area contributed by atoms with Crippen LogP contribution in [0.25, 0.3) is 0 Å². The van der Waals surface area contributed by atoms with E-state index in [1.807, 2.05) is 0 Å². The third-order valence-corrected chi connectivity index (χ3v) is 4.38. The largest absolute Gasteiger partial charge is 0.484 e. The topological polar surface area (TPSA) is 38.8 Å². The Bertz CT molecular complexity index is 563. The maximum atomic E-state index is 12.4. The summed E-state index contributed by atoms with van der Waals surface area (Å²) >= 11 is 0. The van der Waals surface area contributed by atoms with Crippen molar-refractivity contribution in [2.75, 3.05) is 26.8 Å². The highest BCUT2D eigenvalue weighted by molar-refractivity contribution is 5.69. The molecule has 1 heterocycles. The average Bonchev–Trinajstić information content (AvgIpc) is 2.78. The van der Waals surface area contributed by atoms with Crippen LogP contribution in [0.3, 0.4) is 0 Å². The van der Waals surface area contributed by atoms with Gasteiger partial charge in [-0.3, -0.25) is 9.69 Å². The fourth-order valence-corrected chi connectivity index (χ4v) is 3.08. The number of methoxy groups -OCH3 is 1. The average molecular weight is 359 g/mol. The minimum Gasteiger partial charge on any atom is -0.484 e. The van der Waals surface area contributed by atoms with Crippen molar-refractivity contribution in [3.63, 3.8) is 0 Å². The Balaban J connectivity index is 1.92. The highest BCUT2D eigenvalue weighted by atomic mass is 19.4. The van der Waals surface area contributed by atoms with E-state index in [4.69, 9.17) is 9.47 Å². The van der Waals surface area contributed by atoms with Crippen molar-refractivity contribution in [1.29, 1.82) is 0 Å². The van der Waals surface area contributed by atoms with E-state index >= 15 is 0 Å². The standard InChI is InChI=1S/C18H24F3NO3/c1-24-17(23)11-14-5-4-9-22(10-8-14)12-15-6-2-3-7-16(15)25-13-18(19,20)21/h2-3,6-7,14H,4-5,8-13H2,1H3/t14-/m0/s1. The van der Waals surface area contributed by atoms with E-state index in [-0.39, 0.29) is 11.7 Å². The van der Waals surface area contributed by atoms with Gasteiger partial charge in [0.1, 0.15) is 5.75 Å². The summed E-state index contributed by atoms with van der Waals surface area (Å²) in [6.45, 7) is 0.907. The highest BCUT2D eigenvalue weighted by Crippen LogP contribution is 2.26. The molecule has 0 N–H and O–H groups in total. The summed E-state index contributed by atoms with van der Waals surface area (Å²) in [5.41, 5.74) is 0.748. The zero-order valence-corrected chi connectivity index (χ0v) is 14.3. The number of benzene rings is 1. The molecule has 140 valence electrons. The van der Waals surface area contributed by atoms with Gasteiger partial charge in [-0.25, -0.2) is 0 Å². The normalized spacial score (nSPS) is 19.3. The number of rotatable bonds is 6. The second-order valence-corrected chi connectivity index (χ2v) is 6.36.